The van der Waals surface area contributed by atoms with E-state index in [1.165, 1.54) is 0 Å². The molecule has 1 aliphatic heterocycles. The van der Waals surface area contributed by atoms with Crippen molar-refractivity contribution < 1.29 is 13.7 Å². The zero-order valence-corrected chi connectivity index (χ0v) is 17.0. The second-order valence-corrected chi connectivity index (χ2v) is 7.19. The van der Waals surface area contributed by atoms with E-state index in [4.69, 9.17) is 8.94 Å². The first-order valence-corrected chi connectivity index (χ1v) is 10.1. The molecule has 5 rings (SSSR count). The molecule has 4 aromatic heterocycles. The molecule has 31 heavy (non-hydrogen) atoms. The van der Waals surface area contributed by atoms with Crippen molar-refractivity contribution in [2.75, 3.05) is 31.1 Å². The molecule has 5 heterocycles. The molecule has 0 aliphatic carbocycles. The zero-order chi connectivity index (χ0) is 21.2. The number of aryl methyl sites for hydroxylation is 1. The summed E-state index contributed by atoms with van der Waals surface area (Å²) in [5, 5.41) is 11.0. The number of anilines is 1. The molecular formula is C21H21N7O3. The maximum absolute atomic E-state index is 12.8. The third kappa shape index (κ3) is 3.79. The fraction of sp³-hybridized carbons (Fsp3) is 0.286. The average Bonchev–Trinajstić information content (AvgIpc) is 3.60. The molecule has 10 nitrogen and oxygen atoms in total. The van der Waals surface area contributed by atoms with E-state index in [0.29, 0.717) is 61.5 Å². The normalized spacial score (nSPS) is 14.2. The van der Waals surface area contributed by atoms with Crippen LogP contribution in [-0.4, -0.2) is 62.3 Å². The zero-order valence-electron chi connectivity index (χ0n) is 17.0. The SMILES string of the molecule is CCc1nc(-c2ccc(N3CCN(C(=O)c4cc(-c5ccco5)[nH]n4)CC3)nc2)no1. The smallest absolute Gasteiger partial charge is 0.274 e. The Bertz CT molecular complexity index is 1160. The lowest BCUT2D eigenvalue weighted by molar-refractivity contribution is 0.0740. The first kappa shape index (κ1) is 19.0. The van der Waals surface area contributed by atoms with Gasteiger partial charge in [0.15, 0.2) is 11.5 Å². The minimum Gasteiger partial charge on any atom is -0.463 e. The van der Waals surface area contributed by atoms with Crippen molar-refractivity contribution in [2.45, 2.75) is 13.3 Å². The van der Waals surface area contributed by atoms with Crippen LogP contribution in [0.3, 0.4) is 0 Å². The number of hydrogen-bond acceptors (Lipinski definition) is 8. The number of furan rings is 1. The molecule has 10 heteroatoms. The average molecular weight is 419 g/mol. The maximum atomic E-state index is 12.8. The van der Waals surface area contributed by atoms with Crippen molar-refractivity contribution in [3.05, 3.63) is 54.4 Å². The molecule has 1 N–H and O–H groups in total. The van der Waals surface area contributed by atoms with Crippen molar-refractivity contribution in [3.63, 3.8) is 0 Å². The van der Waals surface area contributed by atoms with Crippen LogP contribution in [0.25, 0.3) is 22.8 Å². The monoisotopic (exact) mass is 419 g/mol. The number of hydrogen-bond donors (Lipinski definition) is 1. The molecule has 158 valence electrons. The van der Waals surface area contributed by atoms with E-state index in [0.717, 1.165) is 11.4 Å². The number of nitrogens with zero attached hydrogens (tertiary/aromatic N) is 6. The maximum Gasteiger partial charge on any atom is 0.274 e. The summed E-state index contributed by atoms with van der Waals surface area (Å²) in [4.78, 5) is 25.6. The molecule has 0 aromatic carbocycles. The fourth-order valence-electron chi connectivity index (χ4n) is 3.51. The van der Waals surface area contributed by atoms with Gasteiger partial charge in [0.25, 0.3) is 5.91 Å². The first-order valence-electron chi connectivity index (χ1n) is 10.1. The second-order valence-electron chi connectivity index (χ2n) is 7.19. The summed E-state index contributed by atoms with van der Waals surface area (Å²) in [6, 6.07) is 9.21. The van der Waals surface area contributed by atoms with Gasteiger partial charge in [-0.05, 0) is 24.3 Å². The third-order valence-corrected chi connectivity index (χ3v) is 5.25. The summed E-state index contributed by atoms with van der Waals surface area (Å²) in [5.74, 6) is 2.56. The summed E-state index contributed by atoms with van der Waals surface area (Å²) in [7, 11) is 0. The van der Waals surface area contributed by atoms with Gasteiger partial charge in [-0.2, -0.15) is 10.1 Å². The lowest BCUT2D eigenvalue weighted by Gasteiger charge is -2.35. The number of rotatable bonds is 5. The number of amides is 1. The van der Waals surface area contributed by atoms with E-state index in [2.05, 4.69) is 30.2 Å². The van der Waals surface area contributed by atoms with Crippen molar-refractivity contribution in [1.82, 2.24) is 30.2 Å². The van der Waals surface area contributed by atoms with Gasteiger partial charge >= 0.3 is 0 Å². The van der Waals surface area contributed by atoms with Gasteiger partial charge in [-0.15, -0.1) is 0 Å². The first-order chi connectivity index (χ1) is 15.2. The molecule has 1 saturated heterocycles. The van der Waals surface area contributed by atoms with Gasteiger partial charge in [0.05, 0.1) is 6.26 Å². The molecule has 0 radical (unpaired) electrons. The number of carbonyl (C=O) groups is 1. The summed E-state index contributed by atoms with van der Waals surface area (Å²) < 4.78 is 10.5. The molecular weight excluding hydrogens is 398 g/mol. The van der Waals surface area contributed by atoms with Crippen molar-refractivity contribution in [3.8, 4) is 22.8 Å². The van der Waals surface area contributed by atoms with Gasteiger partial charge in [-0.3, -0.25) is 9.89 Å². The number of carbonyl (C=O) groups excluding carboxylic acids is 1. The molecule has 1 aliphatic rings. The summed E-state index contributed by atoms with van der Waals surface area (Å²) in [5.41, 5.74) is 1.88. The molecule has 0 atom stereocenters. The topological polar surface area (TPSA) is 117 Å². The van der Waals surface area contributed by atoms with Gasteiger partial charge < -0.3 is 18.7 Å². The van der Waals surface area contributed by atoms with Gasteiger partial charge in [0.1, 0.15) is 11.5 Å². The number of aromatic amines is 1. The highest BCUT2D eigenvalue weighted by Crippen LogP contribution is 2.21. The highest BCUT2D eigenvalue weighted by molar-refractivity contribution is 5.93. The van der Waals surface area contributed by atoms with Gasteiger partial charge in [0.2, 0.25) is 11.7 Å². The molecule has 0 spiro atoms. The van der Waals surface area contributed by atoms with E-state index >= 15 is 0 Å². The van der Waals surface area contributed by atoms with E-state index < -0.39 is 0 Å². The standard InChI is InChI=1S/C21H21N7O3/c1-2-19-23-20(26-31-19)14-5-6-18(22-13-14)27-7-9-28(10-8-27)21(29)16-12-15(24-25-16)17-4-3-11-30-17/h3-6,11-13H,2,7-10H2,1H3,(H,24,25). The van der Waals surface area contributed by atoms with Crippen molar-refractivity contribution >= 4 is 11.7 Å². The minimum absolute atomic E-state index is 0.0964. The van der Waals surface area contributed by atoms with Crippen LogP contribution in [-0.2, 0) is 6.42 Å². The molecule has 4 aromatic rings. The van der Waals surface area contributed by atoms with E-state index in [1.807, 2.05) is 25.1 Å². The number of aromatic nitrogens is 5. The van der Waals surface area contributed by atoms with Crippen LogP contribution in [0.15, 0.2) is 51.7 Å². The molecule has 1 fully saturated rings. The van der Waals surface area contributed by atoms with Gasteiger partial charge in [-0.1, -0.05) is 12.1 Å². The number of nitrogens with one attached hydrogen (secondary N) is 1. The fourth-order valence-corrected chi connectivity index (χ4v) is 3.51. The van der Waals surface area contributed by atoms with Gasteiger partial charge in [0, 0.05) is 50.4 Å². The molecule has 0 unspecified atom stereocenters. The molecule has 0 saturated carbocycles. The Morgan fingerprint density at radius 3 is 2.74 bits per heavy atom. The van der Waals surface area contributed by atoms with Crippen LogP contribution in [0.4, 0.5) is 5.82 Å². The lowest BCUT2D eigenvalue weighted by Crippen LogP contribution is -2.49. The molecule has 0 bridgehead atoms. The quantitative estimate of drug-likeness (QED) is 0.525. The number of pyridine rings is 1. The van der Waals surface area contributed by atoms with Crippen LogP contribution >= 0.6 is 0 Å². The number of piperazine rings is 1. The van der Waals surface area contributed by atoms with Crippen LogP contribution in [0.1, 0.15) is 23.3 Å². The Labute approximate surface area is 177 Å². The van der Waals surface area contributed by atoms with Crippen molar-refractivity contribution in [2.24, 2.45) is 0 Å². The Morgan fingerprint density at radius 1 is 1.19 bits per heavy atom. The van der Waals surface area contributed by atoms with E-state index in [-0.39, 0.29) is 5.91 Å². The third-order valence-electron chi connectivity index (χ3n) is 5.25. The Balaban J connectivity index is 1.20. The summed E-state index contributed by atoms with van der Waals surface area (Å²) in [6.45, 7) is 4.53. The van der Waals surface area contributed by atoms with Crippen LogP contribution in [0.2, 0.25) is 0 Å². The highest BCUT2D eigenvalue weighted by atomic mass is 16.5. The highest BCUT2D eigenvalue weighted by Gasteiger charge is 2.25. The van der Waals surface area contributed by atoms with Crippen LogP contribution < -0.4 is 4.90 Å². The summed E-state index contributed by atoms with van der Waals surface area (Å²) >= 11 is 0. The van der Waals surface area contributed by atoms with E-state index in [9.17, 15) is 4.79 Å². The molecule has 1 amide bonds. The predicted octanol–water partition coefficient (Wildman–Crippen LogP) is 2.64. The Kier molecular flexibility index (Phi) is 4.95. The number of H-pyrrole nitrogens is 1. The van der Waals surface area contributed by atoms with Crippen LogP contribution in [0.5, 0.6) is 0 Å². The summed E-state index contributed by atoms with van der Waals surface area (Å²) in [6.07, 6.45) is 4.03. The second kappa shape index (κ2) is 8.05. The predicted molar refractivity (Wildman–Crippen MR) is 111 cm³/mol. The van der Waals surface area contributed by atoms with Crippen molar-refractivity contribution in [1.29, 1.82) is 0 Å². The Hall–Kier alpha value is -3.95. The van der Waals surface area contributed by atoms with Crippen LogP contribution in [0, 0.1) is 0 Å². The Morgan fingerprint density at radius 2 is 2.06 bits per heavy atom. The lowest BCUT2D eigenvalue weighted by atomic mass is 10.2. The minimum atomic E-state index is -0.0964. The van der Waals surface area contributed by atoms with Gasteiger partial charge in [-0.25, -0.2) is 4.98 Å². The largest absolute Gasteiger partial charge is 0.463 e. The van der Waals surface area contributed by atoms with E-state index in [1.54, 1.807) is 29.5 Å².